The maximum Gasteiger partial charge on any atom is 0.315 e. The van der Waals surface area contributed by atoms with Gasteiger partial charge in [0.25, 0.3) is 0 Å². The summed E-state index contributed by atoms with van der Waals surface area (Å²) in [5.41, 5.74) is 0.230. The molecule has 1 aliphatic rings. The van der Waals surface area contributed by atoms with Gasteiger partial charge in [0.1, 0.15) is 0 Å². The van der Waals surface area contributed by atoms with E-state index in [4.69, 9.17) is 0 Å². The minimum atomic E-state index is -0.154. The first-order chi connectivity index (χ1) is 6.75. The first kappa shape index (κ1) is 12.3. The smallest absolute Gasteiger partial charge is 0.315 e. The van der Waals surface area contributed by atoms with Gasteiger partial charge in [-0.2, -0.15) is 0 Å². The van der Waals surface area contributed by atoms with Gasteiger partial charge in [-0.3, -0.25) is 0 Å². The zero-order valence-corrected chi connectivity index (χ0v) is 10.6. The third kappa shape index (κ3) is 3.73. The van der Waals surface area contributed by atoms with E-state index in [1.54, 1.807) is 0 Å². The first-order valence-corrected chi connectivity index (χ1v) is 5.81. The minimum absolute atomic E-state index is 0.0468. The summed E-state index contributed by atoms with van der Waals surface area (Å²) in [7, 11) is 0. The van der Waals surface area contributed by atoms with Gasteiger partial charge in [0, 0.05) is 12.1 Å². The molecule has 15 heavy (non-hydrogen) atoms. The molecule has 0 saturated heterocycles. The molecule has 0 spiro atoms. The second-order valence-corrected chi connectivity index (χ2v) is 6.07. The van der Waals surface area contributed by atoms with E-state index in [1.807, 2.05) is 20.8 Å². The number of hydrogen-bond donors (Lipinski definition) is 2. The number of amides is 2. The van der Waals surface area contributed by atoms with Crippen molar-refractivity contribution >= 4 is 6.03 Å². The molecule has 2 amide bonds. The number of hydrogen-bond acceptors (Lipinski definition) is 1. The predicted molar refractivity (Wildman–Crippen MR) is 62.8 cm³/mol. The summed E-state index contributed by atoms with van der Waals surface area (Å²) in [5, 5.41) is 5.88. The monoisotopic (exact) mass is 212 g/mol. The van der Waals surface area contributed by atoms with Crippen LogP contribution in [-0.4, -0.2) is 18.1 Å². The van der Waals surface area contributed by atoms with E-state index in [0.717, 1.165) is 6.54 Å². The fraction of sp³-hybridized carbons (Fsp3) is 0.917. The highest BCUT2D eigenvalue weighted by molar-refractivity contribution is 5.74. The van der Waals surface area contributed by atoms with Gasteiger partial charge < -0.3 is 10.6 Å². The van der Waals surface area contributed by atoms with Gasteiger partial charge in [-0.15, -0.1) is 0 Å². The van der Waals surface area contributed by atoms with Gasteiger partial charge in [-0.25, -0.2) is 4.79 Å². The van der Waals surface area contributed by atoms with Crippen molar-refractivity contribution < 1.29 is 4.79 Å². The summed E-state index contributed by atoms with van der Waals surface area (Å²) in [6.45, 7) is 11.2. The van der Waals surface area contributed by atoms with Gasteiger partial charge in [-0.1, -0.05) is 13.8 Å². The fourth-order valence-electron chi connectivity index (χ4n) is 1.76. The summed E-state index contributed by atoms with van der Waals surface area (Å²) in [5.74, 6) is 0.660. The number of rotatable bonds is 3. The maximum absolute atomic E-state index is 11.5. The van der Waals surface area contributed by atoms with Gasteiger partial charge in [-0.05, 0) is 44.9 Å². The Morgan fingerprint density at radius 1 is 1.33 bits per heavy atom. The van der Waals surface area contributed by atoms with Gasteiger partial charge in [0.2, 0.25) is 0 Å². The molecule has 1 rings (SSSR count). The van der Waals surface area contributed by atoms with E-state index >= 15 is 0 Å². The normalized spacial score (nSPS) is 18.8. The lowest BCUT2D eigenvalue weighted by atomic mass is 9.92. The summed E-state index contributed by atoms with van der Waals surface area (Å²) in [6, 6.07) is -0.0468. The Bertz CT molecular complexity index is 236. The van der Waals surface area contributed by atoms with Crippen molar-refractivity contribution in [3.05, 3.63) is 0 Å². The second-order valence-electron chi connectivity index (χ2n) is 6.07. The molecule has 3 nitrogen and oxygen atoms in total. The number of carbonyl (C=O) groups is 1. The number of urea groups is 1. The second kappa shape index (κ2) is 4.03. The SMILES string of the molecule is CC(C)C1(CNC(=O)NC(C)(C)C)CC1. The van der Waals surface area contributed by atoms with Crippen molar-refractivity contribution in [3.8, 4) is 0 Å². The Morgan fingerprint density at radius 2 is 1.87 bits per heavy atom. The Kier molecular flexibility index (Phi) is 3.31. The van der Waals surface area contributed by atoms with E-state index in [0.29, 0.717) is 11.3 Å². The quantitative estimate of drug-likeness (QED) is 0.741. The maximum atomic E-state index is 11.5. The largest absolute Gasteiger partial charge is 0.338 e. The summed E-state index contributed by atoms with van der Waals surface area (Å²) in [6.07, 6.45) is 2.50. The third-order valence-corrected chi connectivity index (χ3v) is 3.21. The molecule has 3 heteroatoms. The Labute approximate surface area is 93.0 Å². The molecule has 0 aromatic heterocycles. The van der Waals surface area contributed by atoms with Gasteiger partial charge in [0.05, 0.1) is 0 Å². The van der Waals surface area contributed by atoms with Crippen molar-refractivity contribution in [3.63, 3.8) is 0 Å². The van der Waals surface area contributed by atoms with Crippen LogP contribution in [0.25, 0.3) is 0 Å². The van der Waals surface area contributed by atoms with Crippen molar-refractivity contribution in [2.24, 2.45) is 11.3 Å². The standard InChI is InChI=1S/C12H24N2O/c1-9(2)12(6-7-12)8-13-10(15)14-11(3,4)5/h9H,6-8H2,1-5H3,(H2,13,14,15). The summed E-state index contributed by atoms with van der Waals surface area (Å²) < 4.78 is 0. The van der Waals surface area contributed by atoms with Gasteiger partial charge >= 0.3 is 6.03 Å². The van der Waals surface area contributed by atoms with Crippen LogP contribution in [-0.2, 0) is 0 Å². The molecule has 0 heterocycles. The van der Waals surface area contributed by atoms with E-state index in [1.165, 1.54) is 12.8 Å². The fourth-order valence-corrected chi connectivity index (χ4v) is 1.76. The first-order valence-electron chi connectivity index (χ1n) is 5.81. The van der Waals surface area contributed by atoms with Crippen LogP contribution in [0.2, 0.25) is 0 Å². The molecule has 0 atom stereocenters. The number of carbonyl (C=O) groups excluding carboxylic acids is 1. The average Bonchev–Trinajstić information content (AvgIpc) is 2.77. The molecule has 0 unspecified atom stereocenters. The van der Waals surface area contributed by atoms with Crippen LogP contribution < -0.4 is 10.6 Å². The Balaban J connectivity index is 2.29. The van der Waals surface area contributed by atoms with Gasteiger partial charge in [0.15, 0.2) is 0 Å². The Hall–Kier alpha value is -0.730. The van der Waals surface area contributed by atoms with Crippen molar-refractivity contribution in [2.45, 2.75) is 53.0 Å². The van der Waals surface area contributed by atoms with Crippen LogP contribution in [0.1, 0.15) is 47.5 Å². The van der Waals surface area contributed by atoms with Crippen molar-refractivity contribution in [2.75, 3.05) is 6.54 Å². The van der Waals surface area contributed by atoms with Crippen LogP contribution >= 0.6 is 0 Å². The lowest BCUT2D eigenvalue weighted by Crippen LogP contribution is -2.48. The molecule has 0 bridgehead atoms. The molecule has 0 aromatic carbocycles. The average molecular weight is 212 g/mol. The highest BCUT2D eigenvalue weighted by Gasteiger charge is 2.45. The molecule has 1 fully saturated rings. The van der Waals surface area contributed by atoms with Crippen LogP contribution in [0.3, 0.4) is 0 Å². The van der Waals surface area contributed by atoms with E-state index < -0.39 is 0 Å². The van der Waals surface area contributed by atoms with E-state index in [-0.39, 0.29) is 11.6 Å². The highest BCUT2D eigenvalue weighted by atomic mass is 16.2. The summed E-state index contributed by atoms with van der Waals surface area (Å²) >= 11 is 0. The predicted octanol–water partition coefficient (Wildman–Crippen LogP) is 2.52. The van der Waals surface area contributed by atoms with Crippen LogP contribution in [0.4, 0.5) is 4.79 Å². The molecular formula is C12H24N2O. The van der Waals surface area contributed by atoms with E-state index in [9.17, 15) is 4.79 Å². The lowest BCUT2D eigenvalue weighted by molar-refractivity contribution is 0.226. The zero-order chi connectivity index (χ0) is 11.7. The zero-order valence-electron chi connectivity index (χ0n) is 10.6. The molecule has 0 aliphatic heterocycles. The summed E-state index contributed by atoms with van der Waals surface area (Å²) in [4.78, 5) is 11.5. The van der Waals surface area contributed by atoms with Crippen LogP contribution in [0.15, 0.2) is 0 Å². The van der Waals surface area contributed by atoms with Crippen LogP contribution in [0, 0.1) is 11.3 Å². The third-order valence-electron chi connectivity index (χ3n) is 3.21. The van der Waals surface area contributed by atoms with E-state index in [2.05, 4.69) is 24.5 Å². The van der Waals surface area contributed by atoms with Crippen molar-refractivity contribution in [1.29, 1.82) is 0 Å². The topological polar surface area (TPSA) is 41.1 Å². The van der Waals surface area contributed by atoms with Crippen LogP contribution in [0.5, 0.6) is 0 Å². The Morgan fingerprint density at radius 3 is 2.20 bits per heavy atom. The lowest BCUT2D eigenvalue weighted by Gasteiger charge is -2.24. The molecular weight excluding hydrogens is 188 g/mol. The molecule has 1 aliphatic carbocycles. The van der Waals surface area contributed by atoms with Crippen molar-refractivity contribution in [1.82, 2.24) is 10.6 Å². The molecule has 2 N–H and O–H groups in total. The molecule has 0 aromatic rings. The minimum Gasteiger partial charge on any atom is -0.338 e. The molecule has 0 radical (unpaired) electrons. The highest BCUT2D eigenvalue weighted by Crippen LogP contribution is 2.51. The molecule has 88 valence electrons. The molecule has 1 saturated carbocycles. The number of nitrogens with one attached hydrogen (secondary N) is 2.